The first-order chi connectivity index (χ1) is 16.6. The fourth-order valence-corrected chi connectivity index (χ4v) is 4.91. The first-order valence-electron chi connectivity index (χ1n) is 11.8. The second-order valence-corrected chi connectivity index (χ2v) is 10.4. The molecule has 1 aromatic heterocycles. The summed E-state index contributed by atoms with van der Waals surface area (Å²) < 4.78 is 45.8. The van der Waals surface area contributed by atoms with Gasteiger partial charge in [0.05, 0.1) is 17.8 Å². The van der Waals surface area contributed by atoms with E-state index >= 15 is 0 Å². The Bertz CT molecular complexity index is 984. The minimum absolute atomic E-state index is 0.00639. The maximum Gasteiger partial charge on any atom is 0.433 e. The molecule has 10 nitrogen and oxygen atoms in total. The number of carbonyl (C=O) groups is 2. The van der Waals surface area contributed by atoms with E-state index in [2.05, 4.69) is 9.97 Å². The van der Waals surface area contributed by atoms with E-state index in [-0.39, 0.29) is 74.7 Å². The summed E-state index contributed by atoms with van der Waals surface area (Å²) >= 11 is 0. The van der Waals surface area contributed by atoms with Gasteiger partial charge in [-0.3, -0.25) is 14.6 Å². The van der Waals surface area contributed by atoms with Gasteiger partial charge in [0.2, 0.25) is 5.91 Å². The molecule has 2 aliphatic rings. The van der Waals surface area contributed by atoms with Gasteiger partial charge in [-0.2, -0.15) is 13.2 Å². The number of amides is 2. The largest absolute Gasteiger partial charge is 0.465 e. The molecule has 0 bridgehead atoms. The number of aliphatic hydroxyl groups is 1. The highest BCUT2D eigenvalue weighted by molar-refractivity contribution is 5.78. The van der Waals surface area contributed by atoms with E-state index in [0.717, 1.165) is 0 Å². The third-order valence-electron chi connectivity index (χ3n) is 6.43. The van der Waals surface area contributed by atoms with Crippen molar-refractivity contribution in [3.05, 3.63) is 22.8 Å². The van der Waals surface area contributed by atoms with Gasteiger partial charge in [0, 0.05) is 43.7 Å². The summed E-state index contributed by atoms with van der Waals surface area (Å²) in [6.07, 6.45) is -7.26. The predicted molar refractivity (Wildman–Crippen MR) is 122 cm³/mol. The van der Waals surface area contributed by atoms with Crippen LogP contribution < -0.4 is 0 Å². The Labute approximate surface area is 208 Å². The topological polar surface area (TPSA) is 119 Å². The van der Waals surface area contributed by atoms with Gasteiger partial charge in [0.15, 0.2) is 5.69 Å². The third-order valence-corrected chi connectivity index (χ3v) is 6.43. The number of alkyl halides is 3. The second-order valence-electron chi connectivity index (χ2n) is 10.4. The van der Waals surface area contributed by atoms with E-state index < -0.39 is 35.8 Å². The highest BCUT2D eigenvalue weighted by Crippen LogP contribution is 2.34. The van der Waals surface area contributed by atoms with Crippen LogP contribution in [-0.4, -0.2) is 97.0 Å². The minimum atomic E-state index is -4.61. The van der Waals surface area contributed by atoms with Crippen LogP contribution in [0.15, 0.2) is 0 Å². The molecule has 0 radical (unpaired) electrons. The Morgan fingerprint density at radius 3 is 2.53 bits per heavy atom. The number of rotatable bonds is 6. The lowest BCUT2D eigenvalue weighted by Gasteiger charge is -2.44. The van der Waals surface area contributed by atoms with Gasteiger partial charge in [0.1, 0.15) is 18.7 Å². The summed E-state index contributed by atoms with van der Waals surface area (Å²) in [6, 6.07) is -0.772. The Kier molecular flexibility index (Phi) is 8.16. The highest BCUT2D eigenvalue weighted by atomic mass is 19.4. The van der Waals surface area contributed by atoms with Crippen molar-refractivity contribution in [1.29, 1.82) is 0 Å². The van der Waals surface area contributed by atoms with Gasteiger partial charge in [-0.25, -0.2) is 14.8 Å². The smallest absolute Gasteiger partial charge is 0.433 e. The molecule has 0 saturated carbocycles. The fraction of sp³-hybridized carbons (Fsp3) is 0.739. The summed E-state index contributed by atoms with van der Waals surface area (Å²) in [5.74, 6) is -0.286. The molecule has 0 spiro atoms. The first-order valence-corrected chi connectivity index (χ1v) is 11.8. The van der Waals surface area contributed by atoms with Crippen molar-refractivity contribution in [2.75, 3.05) is 26.2 Å². The highest BCUT2D eigenvalue weighted by Gasteiger charge is 2.41. The quantitative estimate of drug-likeness (QED) is 0.590. The van der Waals surface area contributed by atoms with Crippen molar-refractivity contribution in [3.63, 3.8) is 0 Å². The number of hydrogen-bond donors (Lipinski definition) is 2. The number of nitrogens with zero attached hydrogens (tertiary/aromatic N) is 5. The number of hydrogen-bond acceptors (Lipinski definition) is 7. The minimum Gasteiger partial charge on any atom is -0.465 e. The summed E-state index contributed by atoms with van der Waals surface area (Å²) in [4.78, 5) is 36.8. The molecule has 1 aromatic rings. The Morgan fingerprint density at radius 1 is 1.28 bits per heavy atom. The summed E-state index contributed by atoms with van der Waals surface area (Å²) in [7, 11) is 0. The zero-order chi connectivity index (χ0) is 27.0. The van der Waals surface area contributed by atoms with Gasteiger partial charge >= 0.3 is 12.3 Å². The molecule has 3 rings (SSSR count). The zero-order valence-electron chi connectivity index (χ0n) is 21.2. The van der Waals surface area contributed by atoms with Crippen LogP contribution >= 0.6 is 0 Å². The molecule has 2 aliphatic heterocycles. The lowest BCUT2D eigenvalue weighted by atomic mass is 9.98. The van der Waals surface area contributed by atoms with Crippen LogP contribution in [0, 0.1) is 6.92 Å². The van der Waals surface area contributed by atoms with Gasteiger partial charge in [0.25, 0.3) is 0 Å². The number of aryl methyl sites for hydroxylation is 1. The molecular formula is C23H34F3N5O5. The number of aromatic nitrogens is 2. The molecule has 0 aliphatic carbocycles. The number of carbonyl (C=O) groups excluding carboxylic acids is 1. The van der Waals surface area contributed by atoms with E-state index in [4.69, 9.17) is 4.74 Å². The van der Waals surface area contributed by atoms with Crippen LogP contribution in [0.1, 0.15) is 56.9 Å². The van der Waals surface area contributed by atoms with Crippen molar-refractivity contribution in [1.82, 2.24) is 24.7 Å². The second kappa shape index (κ2) is 10.5. The van der Waals surface area contributed by atoms with Crippen molar-refractivity contribution in [2.45, 2.75) is 84.1 Å². The van der Waals surface area contributed by atoms with Gasteiger partial charge in [-0.05, 0) is 41.0 Å². The summed E-state index contributed by atoms with van der Waals surface area (Å²) in [5, 5.41) is 21.1. The molecule has 36 heavy (non-hydrogen) atoms. The molecule has 3 atom stereocenters. The summed E-state index contributed by atoms with van der Waals surface area (Å²) in [6.45, 7) is 8.68. The van der Waals surface area contributed by atoms with Crippen LogP contribution in [0.25, 0.3) is 0 Å². The molecular weight excluding hydrogens is 483 g/mol. The molecule has 0 aromatic carbocycles. The third kappa shape index (κ3) is 6.43. The first kappa shape index (κ1) is 28.1. The van der Waals surface area contributed by atoms with Crippen LogP contribution in [-0.2, 0) is 28.7 Å². The van der Waals surface area contributed by atoms with E-state index in [1.54, 1.807) is 25.7 Å². The van der Waals surface area contributed by atoms with Crippen molar-refractivity contribution in [2.24, 2.45) is 0 Å². The normalized spacial score (nSPS) is 21.2. The molecule has 2 N–H and O–H groups in total. The zero-order valence-corrected chi connectivity index (χ0v) is 21.2. The molecule has 1 saturated heterocycles. The number of fused-ring (bicyclic) bond motifs is 1. The van der Waals surface area contributed by atoms with Crippen LogP contribution in [0.3, 0.4) is 0 Å². The van der Waals surface area contributed by atoms with E-state index in [1.165, 1.54) is 16.7 Å². The Hall–Kier alpha value is -2.51. The van der Waals surface area contributed by atoms with E-state index in [0.29, 0.717) is 0 Å². The van der Waals surface area contributed by atoms with Crippen molar-refractivity contribution in [3.8, 4) is 0 Å². The fourth-order valence-electron chi connectivity index (χ4n) is 4.91. The van der Waals surface area contributed by atoms with Gasteiger partial charge in [-0.15, -0.1) is 0 Å². The SMILES string of the molecule is Cc1nc2c(c(C(F)(F)F)n1)CCN([C@@H](O)CC(CN1C[C@H](C)OCC1=O)N(C(=O)O)C(C)(C)C)C2. The van der Waals surface area contributed by atoms with Gasteiger partial charge < -0.3 is 19.8 Å². The number of carboxylic acid groups (broad SMARTS) is 1. The standard InChI is InChI=1S/C23H34F3N5O5/c1-13-9-30(19(33)12-36-13)10-15(31(21(34)35)22(3,4)5)8-18(32)29-7-6-16-17(11-29)27-14(2)28-20(16)23(24,25)26/h13,15,18,32H,6-12H2,1-5H3,(H,34,35)/t13-,15?,18-/m0/s1. The lowest BCUT2D eigenvalue weighted by molar-refractivity contribution is -0.150. The average molecular weight is 518 g/mol. The maximum atomic E-state index is 13.5. The molecule has 202 valence electrons. The van der Waals surface area contributed by atoms with Gasteiger partial charge in [-0.1, -0.05) is 0 Å². The molecule has 1 unspecified atom stereocenters. The van der Waals surface area contributed by atoms with Crippen LogP contribution in [0.5, 0.6) is 0 Å². The number of morpholine rings is 1. The number of halogens is 3. The average Bonchev–Trinajstić information content (AvgIpc) is 2.73. The molecule has 2 amide bonds. The van der Waals surface area contributed by atoms with E-state index in [1.807, 2.05) is 6.92 Å². The van der Waals surface area contributed by atoms with Crippen molar-refractivity contribution >= 4 is 12.0 Å². The van der Waals surface area contributed by atoms with Crippen LogP contribution in [0.4, 0.5) is 18.0 Å². The van der Waals surface area contributed by atoms with Crippen molar-refractivity contribution < 1.29 is 37.7 Å². The predicted octanol–water partition coefficient (Wildman–Crippen LogP) is 2.26. The Balaban J connectivity index is 1.84. The Morgan fingerprint density at radius 2 is 1.94 bits per heavy atom. The van der Waals surface area contributed by atoms with Crippen LogP contribution in [0.2, 0.25) is 0 Å². The molecule has 13 heteroatoms. The number of aliphatic hydroxyl groups excluding tert-OH is 1. The lowest BCUT2D eigenvalue weighted by Crippen LogP contribution is -2.59. The number of ether oxygens (including phenoxy) is 1. The summed E-state index contributed by atoms with van der Waals surface area (Å²) in [5.41, 5.74) is -1.58. The maximum absolute atomic E-state index is 13.5. The molecule has 3 heterocycles. The molecule has 1 fully saturated rings. The monoisotopic (exact) mass is 517 g/mol. The van der Waals surface area contributed by atoms with E-state index in [9.17, 15) is 33.0 Å².